The highest BCUT2D eigenvalue weighted by atomic mass is 19.1. The first kappa shape index (κ1) is 12.2. The summed E-state index contributed by atoms with van der Waals surface area (Å²) in [6, 6.07) is 5.36. The topological polar surface area (TPSA) is 42.0 Å². The Kier molecular flexibility index (Phi) is 3.32. The maximum absolute atomic E-state index is 13.3. The lowest BCUT2D eigenvalue weighted by molar-refractivity contribution is 0.102. The third-order valence-corrected chi connectivity index (χ3v) is 2.32. The standard InChI is InChI=1S/C13H10F2N2O/c1-8-4-9(14)6-10(5-8)17-13(18)11-2-3-16-7-12(11)15/h2-7H,1H3,(H,17,18). The number of halogens is 2. The van der Waals surface area contributed by atoms with Gasteiger partial charge in [0.05, 0.1) is 11.8 Å². The second-order valence-corrected chi connectivity index (χ2v) is 3.83. The number of anilines is 1. The Morgan fingerprint density at radius 2 is 2.06 bits per heavy atom. The molecule has 0 saturated carbocycles. The number of rotatable bonds is 2. The molecule has 2 rings (SSSR count). The zero-order valence-corrected chi connectivity index (χ0v) is 9.58. The van der Waals surface area contributed by atoms with E-state index in [-0.39, 0.29) is 11.3 Å². The van der Waals surface area contributed by atoms with Crippen molar-refractivity contribution < 1.29 is 13.6 Å². The van der Waals surface area contributed by atoms with Gasteiger partial charge in [0.15, 0.2) is 5.82 Å². The molecule has 18 heavy (non-hydrogen) atoms. The van der Waals surface area contributed by atoms with E-state index in [4.69, 9.17) is 0 Å². The summed E-state index contributed by atoms with van der Waals surface area (Å²) in [6.45, 7) is 1.70. The summed E-state index contributed by atoms with van der Waals surface area (Å²) in [5.41, 5.74) is 0.820. The van der Waals surface area contributed by atoms with Gasteiger partial charge >= 0.3 is 0 Å². The van der Waals surface area contributed by atoms with E-state index in [0.717, 1.165) is 6.20 Å². The Hall–Kier alpha value is -2.30. The molecule has 0 unspecified atom stereocenters. The lowest BCUT2D eigenvalue weighted by atomic mass is 10.2. The van der Waals surface area contributed by atoms with Gasteiger partial charge in [0.2, 0.25) is 0 Å². The number of benzene rings is 1. The largest absolute Gasteiger partial charge is 0.322 e. The van der Waals surface area contributed by atoms with Crippen LogP contribution in [-0.4, -0.2) is 10.9 Å². The molecule has 1 heterocycles. The minimum atomic E-state index is -0.719. The molecule has 3 nitrogen and oxygen atoms in total. The van der Waals surface area contributed by atoms with Crippen LogP contribution in [0.3, 0.4) is 0 Å². The van der Waals surface area contributed by atoms with Crippen LogP contribution in [0.15, 0.2) is 36.7 Å². The number of pyridine rings is 1. The summed E-state index contributed by atoms with van der Waals surface area (Å²) in [5, 5.41) is 2.43. The van der Waals surface area contributed by atoms with E-state index in [1.807, 2.05) is 0 Å². The molecule has 92 valence electrons. The minimum absolute atomic E-state index is 0.132. The number of hydrogen-bond donors (Lipinski definition) is 1. The molecule has 0 aliphatic rings. The Labute approximate surface area is 102 Å². The first-order valence-electron chi connectivity index (χ1n) is 5.24. The van der Waals surface area contributed by atoms with Crippen molar-refractivity contribution in [2.24, 2.45) is 0 Å². The number of nitrogens with zero attached hydrogens (tertiary/aromatic N) is 1. The second kappa shape index (κ2) is 4.91. The van der Waals surface area contributed by atoms with Crippen LogP contribution < -0.4 is 5.32 Å². The number of hydrogen-bond acceptors (Lipinski definition) is 2. The molecule has 0 atom stereocenters. The predicted molar refractivity (Wildman–Crippen MR) is 63.3 cm³/mol. The van der Waals surface area contributed by atoms with Crippen LogP contribution in [0.1, 0.15) is 15.9 Å². The van der Waals surface area contributed by atoms with Crippen LogP contribution in [0, 0.1) is 18.6 Å². The van der Waals surface area contributed by atoms with Gasteiger partial charge in [-0.3, -0.25) is 9.78 Å². The van der Waals surface area contributed by atoms with Crippen molar-refractivity contribution in [3.8, 4) is 0 Å². The third kappa shape index (κ3) is 2.68. The van der Waals surface area contributed by atoms with Crippen molar-refractivity contribution in [1.29, 1.82) is 0 Å². The van der Waals surface area contributed by atoms with Crippen LogP contribution in [0.5, 0.6) is 0 Å². The Bertz CT molecular complexity index is 579. The first-order valence-corrected chi connectivity index (χ1v) is 5.24. The zero-order chi connectivity index (χ0) is 13.1. The van der Waals surface area contributed by atoms with Crippen molar-refractivity contribution in [3.63, 3.8) is 0 Å². The molecule has 0 saturated heterocycles. The molecule has 0 radical (unpaired) electrons. The van der Waals surface area contributed by atoms with Crippen LogP contribution in [0.4, 0.5) is 14.5 Å². The average Bonchev–Trinajstić information content (AvgIpc) is 2.27. The molecule has 2 aromatic rings. The zero-order valence-electron chi connectivity index (χ0n) is 9.58. The van der Waals surface area contributed by atoms with E-state index in [9.17, 15) is 13.6 Å². The number of aryl methyl sites for hydroxylation is 1. The number of amides is 1. The van der Waals surface area contributed by atoms with Crippen molar-refractivity contribution in [2.75, 3.05) is 5.32 Å². The third-order valence-electron chi connectivity index (χ3n) is 2.32. The van der Waals surface area contributed by atoms with E-state index in [0.29, 0.717) is 5.56 Å². The summed E-state index contributed by atoms with van der Waals surface area (Å²) >= 11 is 0. The van der Waals surface area contributed by atoms with Crippen molar-refractivity contribution >= 4 is 11.6 Å². The normalized spacial score (nSPS) is 10.2. The van der Waals surface area contributed by atoms with Gasteiger partial charge in [-0.05, 0) is 36.8 Å². The molecule has 0 spiro atoms. The Morgan fingerprint density at radius 1 is 1.28 bits per heavy atom. The average molecular weight is 248 g/mol. The van der Waals surface area contributed by atoms with Gasteiger partial charge in [0, 0.05) is 11.9 Å². The molecule has 1 aromatic heterocycles. The Morgan fingerprint density at radius 3 is 2.72 bits per heavy atom. The van der Waals surface area contributed by atoms with Crippen molar-refractivity contribution in [2.45, 2.75) is 6.92 Å². The summed E-state index contributed by atoms with van der Waals surface area (Å²) in [7, 11) is 0. The smallest absolute Gasteiger partial charge is 0.258 e. The van der Waals surface area contributed by atoms with E-state index in [1.165, 1.54) is 24.4 Å². The highest BCUT2D eigenvalue weighted by Gasteiger charge is 2.11. The maximum Gasteiger partial charge on any atom is 0.258 e. The second-order valence-electron chi connectivity index (χ2n) is 3.83. The highest BCUT2D eigenvalue weighted by Crippen LogP contribution is 2.15. The van der Waals surface area contributed by atoms with Gasteiger partial charge in [-0.2, -0.15) is 0 Å². The lowest BCUT2D eigenvalue weighted by Gasteiger charge is -2.06. The quantitative estimate of drug-likeness (QED) is 0.887. The summed E-state index contributed by atoms with van der Waals surface area (Å²) < 4.78 is 26.4. The molecule has 0 aliphatic heterocycles. The van der Waals surface area contributed by atoms with E-state index in [2.05, 4.69) is 10.3 Å². The van der Waals surface area contributed by atoms with Gasteiger partial charge in [-0.1, -0.05) is 0 Å². The number of carbonyl (C=O) groups is 1. The van der Waals surface area contributed by atoms with E-state index < -0.39 is 17.5 Å². The fraction of sp³-hybridized carbons (Fsp3) is 0.0769. The van der Waals surface area contributed by atoms with Crippen LogP contribution in [0.2, 0.25) is 0 Å². The first-order chi connectivity index (χ1) is 8.56. The highest BCUT2D eigenvalue weighted by molar-refractivity contribution is 6.04. The molecular formula is C13H10F2N2O. The van der Waals surface area contributed by atoms with Gasteiger partial charge in [-0.25, -0.2) is 8.78 Å². The number of carbonyl (C=O) groups excluding carboxylic acids is 1. The van der Waals surface area contributed by atoms with Gasteiger partial charge in [0.25, 0.3) is 5.91 Å². The summed E-state index contributed by atoms with van der Waals surface area (Å²) in [6.07, 6.45) is 2.26. The molecule has 0 bridgehead atoms. The SMILES string of the molecule is Cc1cc(F)cc(NC(=O)c2ccncc2F)c1. The summed E-state index contributed by atoms with van der Waals surface area (Å²) in [4.78, 5) is 15.3. The van der Waals surface area contributed by atoms with Crippen LogP contribution >= 0.6 is 0 Å². The molecule has 0 aliphatic carbocycles. The minimum Gasteiger partial charge on any atom is -0.322 e. The van der Waals surface area contributed by atoms with Crippen molar-refractivity contribution in [1.82, 2.24) is 4.98 Å². The molecule has 0 fully saturated rings. The lowest BCUT2D eigenvalue weighted by Crippen LogP contribution is -2.14. The van der Waals surface area contributed by atoms with Crippen molar-refractivity contribution in [3.05, 3.63) is 59.4 Å². The fourth-order valence-electron chi connectivity index (χ4n) is 1.57. The monoisotopic (exact) mass is 248 g/mol. The number of aromatic nitrogens is 1. The van der Waals surface area contributed by atoms with Gasteiger partial charge < -0.3 is 5.32 Å². The maximum atomic E-state index is 13.3. The Balaban J connectivity index is 2.24. The van der Waals surface area contributed by atoms with E-state index >= 15 is 0 Å². The molecule has 1 N–H and O–H groups in total. The number of nitrogens with one attached hydrogen (secondary N) is 1. The van der Waals surface area contributed by atoms with Crippen LogP contribution in [0.25, 0.3) is 0 Å². The summed E-state index contributed by atoms with van der Waals surface area (Å²) in [5.74, 6) is -1.82. The molecule has 5 heteroatoms. The molecule has 1 amide bonds. The van der Waals surface area contributed by atoms with Gasteiger partial charge in [0.1, 0.15) is 5.82 Å². The van der Waals surface area contributed by atoms with Gasteiger partial charge in [-0.15, -0.1) is 0 Å². The predicted octanol–water partition coefficient (Wildman–Crippen LogP) is 2.92. The molecule has 1 aromatic carbocycles. The molecular weight excluding hydrogens is 238 g/mol. The fourth-order valence-corrected chi connectivity index (χ4v) is 1.57. The van der Waals surface area contributed by atoms with E-state index in [1.54, 1.807) is 13.0 Å². The van der Waals surface area contributed by atoms with Crippen LogP contribution in [-0.2, 0) is 0 Å².